The standard InChI is InChI=1S/C11H8N6O/c18-11-8(10-14-16-17-15-10)6-12-9(13-11)7-4-2-1-3-5-7/h1-6H,(H,12,13,18)(H,14,15,16,17). The van der Waals surface area contributed by atoms with Crippen molar-refractivity contribution in [1.82, 2.24) is 30.6 Å². The van der Waals surface area contributed by atoms with E-state index in [1.807, 2.05) is 30.3 Å². The Labute approximate surface area is 101 Å². The summed E-state index contributed by atoms with van der Waals surface area (Å²) in [6.07, 6.45) is 1.44. The number of hydrogen-bond donors (Lipinski definition) is 2. The van der Waals surface area contributed by atoms with Gasteiger partial charge in [0.05, 0.1) is 0 Å². The lowest BCUT2D eigenvalue weighted by Gasteiger charge is -2.00. The Bertz CT molecular complexity index is 704. The number of rotatable bonds is 2. The summed E-state index contributed by atoms with van der Waals surface area (Å²) >= 11 is 0. The Morgan fingerprint density at radius 3 is 2.61 bits per heavy atom. The molecule has 0 fully saturated rings. The van der Waals surface area contributed by atoms with Crippen LogP contribution in [0, 0.1) is 0 Å². The highest BCUT2D eigenvalue weighted by molar-refractivity contribution is 5.57. The lowest BCUT2D eigenvalue weighted by atomic mass is 10.2. The van der Waals surface area contributed by atoms with Gasteiger partial charge in [0.2, 0.25) is 5.82 Å². The van der Waals surface area contributed by atoms with Crippen molar-refractivity contribution in [3.05, 3.63) is 46.9 Å². The molecule has 88 valence electrons. The third-order valence-corrected chi connectivity index (χ3v) is 2.43. The molecule has 0 aliphatic rings. The number of tetrazole rings is 1. The largest absolute Gasteiger partial charge is 0.306 e. The molecule has 0 saturated heterocycles. The maximum absolute atomic E-state index is 11.9. The van der Waals surface area contributed by atoms with E-state index in [1.165, 1.54) is 6.20 Å². The van der Waals surface area contributed by atoms with Crippen molar-refractivity contribution in [1.29, 1.82) is 0 Å². The summed E-state index contributed by atoms with van der Waals surface area (Å²) in [6.45, 7) is 0. The molecule has 18 heavy (non-hydrogen) atoms. The van der Waals surface area contributed by atoms with E-state index in [4.69, 9.17) is 0 Å². The molecule has 7 heteroatoms. The molecule has 0 unspecified atom stereocenters. The van der Waals surface area contributed by atoms with Gasteiger partial charge in [0.25, 0.3) is 5.56 Å². The van der Waals surface area contributed by atoms with E-state index in [1.54, 1.807) is 0 Å². The lowest BCUT2D eigenvalue weighted by molar-refractivity contribution is 0.881. The highest BCUT2D eigenvalue weighted by Crippen LogP contribution is 2.13. The highest BCUT2D eigenvalue weighted by Gasteiger charge is 2.09. The summed E-state index contributed by atoms with van der Waals surface area (Å²) in [5, 5.41) is 13.2. The summed E-state index contributed by atoms with van der Waals surface area (Å²) in [6, 6.07) is 9.39. The zero-order valence-corrected chi connectivity index (χ0v) is 9.16. The van der Waals surface area contributed by atoms with Gasteiger partial charge in [0, 0.05) is 11.8 Å². The number of hydrogen-bond acceptors (Lipinski definition) is 5. The van der Waals surface area contributed by atoms with Crippen molar-refractivity contribution in [3.63, 3.8) is 0 Å². The fourth-order valence-corrected chi connectivity index (χ4v) is 1.57. The van der Waals surface area contributed by atoms with Crippen LogP contribution >= 0.6 is 0 Å². The first-order valence-corrected chi connectivity index (χ1v) is 5.23. The predicted octanol–water partition coefficient (Wildman–Crippen LogP) is 0.617. The molecule has 2 heterocycles. The minimum absolute atomic E-state index is 0.225. The Morgan fingerprint density at radius 1 is 1.11 bits per heavy atom. The van der Waals surface area contributed by atoms with Crippen molar-refractivity contribution < 1.29 is 0 Å². The van der Waals surface area contributed by atoms with Crippen molar-refractivity contribution >= 4 is 0 Å². The normalized spacial score (nSPS) is 10.4. The van der Waals surface area contributed by atoms with Crippen molar-refractivity contribution in [2.75, 3.05) is 0 Å². The average molecular weight is 240 g/mol. The second kappa shape index (κ2) is 4.21. The third-order valence-electron chi connectivity index (χ3n) is 2.43. The van der Waals surface area contributed by atoms with Crippen LogP contribution in [0.3, 0.4) is 0 Å². The van der Waals surface area contributed by atoms with Crippen LogP contribution in [0.25, 0.3) is 22.8 Å². The van der Waals surface area contributed by atoms with Gasteiger partial charge in [0.15, 0.2) is 0 Å². The van der Waals surface area contributed by atoms with Crippen LogP contribution in [0.2, 0.25) is 0 Å². The lowest BCUT2D eigenvalue weighted by Crippen LogP contribution is -2.12. The molecule has 3 aromatic rings. The fourth-order valence-electron chi connectivity index (χ4n) is 1.57. The van der Waals surface area contributed by atoms with Crippen molar-refractivity contribution in [2.45, 2.75) is 0 Å². The molecule has 0 bridgehead atoms. The third kappa shape index (κ3) is 1.77. The molecule has 0 radical (unpaired) electrons. The van der Waals surface area contributed by atoms with Crippen molar-refractivity contribution in [2.24, 2.45) is 0 Å². The number of aromatic nitrogens is 6. The number of H-pyrrole nitrogens is 2. The quantitative estimate of drug-likeness (QED) is 0.683. The molecule has 0 amide bonds. The van der Waals surface area contributed by atoms with Crippen molar-refractivity contribution in [3.8, 4) is 22.8 Å². The summed E-state index contributed by atoms with van der Waals surface area (Å²) in [5.41, 5.74) is 0.822. The second-order valence-electron chi connectivity index (χ2n) is 3.58. The summed E-state index contributed by atoms with van der Waals surface area (Å²) in [7, 11) is 0. The Kier molecular flexibility index (Phi) is 2.41. The maximum Gasteiger partial charge on any atom is 0.262 e. The molecule has 3 rings (SSSR count). The van der Waals surface area contributed by atoms with Gasteiger partial charge in [-0.3, -0.25) is 4.79 Å². The van der Waals surface area contributed by atoms with E-state index in [0.717, 1.165) is 5.56 Å². The molecule has 7 nitrogen and oxygen atoms in total. The number of benzene rings is 1. The molecule has 0 aliphatic heterocycles. The van der Waals surface area contributed by atoms with Crippen LogP contribution in [0.4, 0.5) is 0 Å². The first kappa shape index (κ1) is 10.3. The number of aromatic amines is 2. The van der Waals surface area contributed by atoms with E-state index >= 15 is 0 Å². The number of nitrogens with one attached hydrogen (secondary N) is 2. The second-order valence-corrected chi connectivity index (χ2v) is 3.58. The van der Waals surface area contributed by atoms with Gasteiger partial charge < -0.3 is 4.98 Å². The Hall–Kier alpha value is -2.83. The minimum Gasteiger partial charge on any atom is -0.306 e. The average Bonchev–Trinajstić information content (AvgIpc) is 2.93. The van der Waals surface area contributed by atoms with Gasteiger partial charge >= 0.3 is 0 Å². The molecule has 2 aromatic heterocycles. The fraction of sp³-hybridized carbons (Fsp3) is 0. The SMILES string of the molecule is O=c1[nH]c(-c2ccccc2)ncc1-c1nn[nH]n1. The molecular formula is C11H8N6O. The topological polar surface area (TPSA) is 100 Å². The summed E-state index contributed by atoms with van der Waals surface area (Å²) < 4.78 is 0. The smallest absolute Gasteiger partial charge is 0.262 e. The molecule has 2 N–H and O–H groups in total. The van der Waals surface area contributed by atoms with E-state index in [2.05, 4.69) is 30.6 Å². The Balaban J connectivity index is 2.08. The van der Waals surface area contributed by atoms with Crippen LogP contribution in [0.1, 0.15) is 0 Å². The first-order chi connectivity index (χ1) is 8.84. The Morgan fingerprint density at radius 2 is 1.94 bits per heavy atom. The highest BCUT2D eigenvalue weighted by atomic mass is 16.1. The first-order valence-electron chi connectivity index (χ1n) is 5.23. The molecule has 1 aromatic carbocycles. The van der Waals surface area contributed by atoms with E-state index < -0.39 is 0 Å². The van der Waals surface area contributed by atoms with E-state index in [-0.39, 0.29) is 16.9 Å². The van der Waals surface area contributed by atoms with Gasteiger partial charge in [-0.1, -0.05) is 30.3 Å². The zero-order chi connectivity index (χ0) is 12.4. The van der Waals surface area contributed by atoms with Gasteiger partial charge in [0.1, 0.15) is 11.4 Å². The van der Waals surface area contributed by atoms with Gasteiger partial charge in [-0.15, -0.1) is 10.2 Å². The van der Waals surface area contributed by atoms with Gasteiger partial charge in [-0.25, -0.2) is 4.98 Å². The van der Waals surface area contributed by atoms with Gasteiger partial charge in [-0.05, 0) is 5.21 Å². The molecular weight excluding hydrogens is 232 g/mol. The van der Waals surface area contributed by atoms with Crippen LogP contribution in [0.15, 0.2) is 41.3 Å². The maximum atomic E-state index is 11.9. The summed E-state index contributed by atoms with van der Waals surface area (Å²) in [5.74, 6) is 0.733. The predicted molar refractivity (Wildman–Crippen MR) is 63.5 cm³/mol. The monoisotopic (exact) mass is 240 g/mol. The number of nitrogens with zero attached hydrogens (tertiary/aromatic N) is 4. The molecule has 0 saturated carbocycles. The van der Waals surface area contributed by atoms with Gasteiger partial charge in [-0.2, -0.15) is 5.21 Å². The van der Waals surface area contributed by atoms with Crippen LogP contribution < -0.4 is 5.56 Å². The van der Waals surface area contributed by atoms with E-state index in [0.29, 0.717) is 5.82 Å². The van der Waals surface area contributed by atoms with Crippen LogP contribution in [-0.2, 0) is 0 Å². The molecule has 0 spiro atoms. The molecule has 0 atom stereocenters. The molecule has 0 aliphatic carbocycles. The minimum atomic E-state index is -0.301. The summed E-state index contributed by atoms with van der Waals surface area (Å²) in [4.78, 5) is 18.8. The van der Waals surface area contributed by atoms with E-state index in [9.17, 15) is 4.79 Å². The van der Waals surface area contributed by atoms with Crippen LogP contribution in [-0.4, -0.2) is 30.6 Å². The van der Waals surface area contributed by atoms with Crippen LogP contribution in [0.5, 0.6) is 0 Å². The zero-order valence-electron chi connectivity index (χ0n) is 9.16.